The molecule has 2 rings (SSSR count). The zero-order valence-electron chi connectivity index (χ0n) is 9.35. The first-order valence-electron chi connectivity index (χ1n) is 5.51. The van der Waals surface area contributed by atoms with E-state index in [2.05, 4.69) is 65.8 Å². The summed E-state index contributed by atoms with van der Waals surface area (Å²) in [5.74, 6) is 0. The van der Waals surface area contributed by atoms with Gasteiger partial charge in [-0.2, -0.15) is 4.68 Å². The summed E-state index contributed by atoms with van der Waals surface area (Å²) < 4.78 is 4.54. The fraction of sp³-hybridized carbons (Fsp3) is 0.308. The van der Waals surface area contributed by atoms with Crippen molar-refractivity contribution in [3.05, 3.63) is 42.6 Å². The molecular formula is C13H17N2+. The number of hydrogen-bond acceptors (Lipinski definition) is 0. The first-order chi connectivity index (χ1) is 7.36. The molecule has 78 valence electrons. The molecule has 2 nitrogen and oxygen atoms in total. The summed E-state index contributed by atoms with van der Waals surface area (Å²) in [7, 11) is 0. The van der Waals surface area contributed by atoms with Crippen molar-refractivity contribution in [3.63, 3.8) is 0 Å². The SMILES string of the molecule is CCn1c(-c2ccccc2)cc[n+]1CC. The van der Waals surface area contributed by atoms with E-state index in [1.807, 2.05) is 0 Å². The second-order valence-electron chi connectivity index (χ2n) is 3.54. The van der Waals surface area contributed by atoms with Crippen molar-refractivity contribution in [2.75, 3.05) is 0 Å². The van der Waals surface area contributed by atoms with Gasteiger partial charge in [-0.1, -0.05) is 30.3 Å². The van der Waals surface area contributed by atoms with Crippen molar-refractivity contribution in [2.24, 2.45) is 0 Å². The number of aryl methyl sites for hydroxylation is 1. The highest BCUT2D eigenvalue weighted by Crippen LogP contribution is 2.17. The third-order valence-electron chi connectivity index (χ3n) is 2.69. The Morgan fingerprint density at radius 3 is 2.40 bits per heavy atom. The van der Waals surface area contributed by atoms with Crippen molar-refractivity contribution in [2.45, 2.75) is 26.9 Å². The molecule has 0 aliphatic carbocycles. The molecule has 1 aromatic carbocycles. The number of aromatic nitrogens is 2. The van der Waals surface area contributed by atoms with Gasteiger partial charge in [0.15, 0.2) is 12.7 Å². The van der Waals surface area contributed by atoms with Crippen LogP contribution in [0.2, 0.25) is 0 Å². The Labute approximate surface area is 90.8 Å². The van der Waals surface area contributed by atoms with Gasteiger partial charge in [-0.05, 0) is 13.8 Å². The van der Waals surface area contributed by atoms with Crippen LogP contribution in [0.15, 0.2) is 42.6 Å². The Balaban J connectivity index is 2.49. The molecule has 15 heavy (non-hydrogen) atoms. The van der Waals surface area contributed by atoms with Crippen LogP contribution >= 0.6 is 0 Å². The van der Waals surface area contributed by atoms with Gasteiger partial charge in [0, 0.05) is 11.6 Å². The fourth-order valence-electron chi connectivity index (χ4n) is 1.94. The lowest BCUT2D eigenvalue weighted by Gasteiger charge is -2.03. The first kappa shape index (κ1) is 9.97. The summed E-state index contributed by atoms with van der Waals surface area (Å²) in [6.45, 7) is 6.37. The molecule has 1 aromatic heterocycles. The third-order valence-corrected chi connectivity index (χ3v) is 2.69. The number of rotatable bonds is 3. The molecule has 0 aliphatic rings. The Morgan fingerprint density at radius 2 is 1.80 bits per heavy atom. The van der Waals surface area contributed by atoms with E-state index in [-0.39, 0.29) is 0 Å². The van der Waals surface area contributed by atoms with E-state index in [1.165, 1.54) is 11.3 Å². The number of benzene rings is 1. The van der Waals surface area contributed by atoms with Crippen LogP contribution in [0.5, 0.6) is 0 Å². The number of nitrogens with zero attached hydrogens (tertiary/aromatic N) is 2. The third kappa shape index (κ3) is 1.80. The van der Waals surface area contributed by atoms with E-state index in [0.29, 0.717) is 0 Å². The minimum Gasteiger partial charge on any atom is -0.153 e. The smallest absolute Gasteiger partial charge is 0.153 e. The van der Waals surface area contributed by atoms with Gasteiger partial charge in [0.25, 0.3) is 0 Å². The van der Waals surface area contributed by atoms with Crippen LogP contribution in [0.3, 0.4) is 0 Å². The van der Waals surface area contributed by atoms with Crippen LogP contribution in [0.1, 0.15) is 13.8 Å². The van der Waals surface area contributed by atoms with Crippen LogP contribution in [-0.4, -0.2) is 4.68 Å². The van der Waals surface area contributed by atoms with E-state index in [0.717, 1.165) is 13.1 Å². The van der Waals surface area contributed by atoms with E-state index in [1.54, 1.807) is 0 Å². The minimum absolute atomic E-state index is 1.01. The van der Waals surface area contributed by atoms with Crippen LogP contribution in [0.4, 0.5) is 0 Å². The lowest BCUT2D eigenvalue weighted by Crippen LogP contribution is -2.41. The monoisotopic (exact) mass is 201 g/mol. The maximum Gasteiger partial charge on any atom is 0.196 e. The maximum atomic E-state index is 2.30. The summed E-state index contributed by atoms with van der Waals surface area (Å²) in [4.78, 5) is 0. The molecule has 0 bridgehead atoms. The van der Waals surface area contributed by atoms with Crippen LogP contribution in [0.25, 0.3) is 11.3 Å². The van der Waals surface area contributed by atoms with Gasteiger partial charge in [-0.15, -0.1) is 4.68 Å². The Kier molecular flexibility index (Phi) is 2.86. The lowest BCUT2D eigenvalue weighted by molar-refractivity contribution is -0.771. The molecule has 0 spiro atoms. The van der Waals surface area contributed by atoms with Crippen LogP contribution < -0.4 is 4.68 Å². The molecule has 0 saturated heterocycles. The molecule has 0 radical (unpaired) electrons. The van der Waals surface area contributed by atoms with Gasteiger partial charge < -0.3 is 0 Å². The summed E-state index contributed by atoms with van der Waals surface area (Å²) in [5.41, 5.74) is 2.58. The van der Waals surface area contributed by atoms with Gasteiger partial charge in [0.1, 0.15) is 5.69 Å². The Morgan fingerprint density at radius 1 is 1.07 bits per heavy atom. The normalized spacial score (nSPS) is 10.5. The molecule has 2 aromatic rings. The van der Waals surface area contributed by atoms with E-state index >= 15 is 0 Å². The summed E-state index contributed by atoms with van der Waals surface area (Å²) in [5, 5.41) is 0. The summed E-state index contributed by atoms with van der Waals surface area (Å²) in [6, 6.07) is 12.7. The minimum atomic E-state index is 1.01. The molecule has 2 heteroatoms. The van der Waals surface area contributed by atoms with Crippen LogP contribution in [0, 0.1) is 0 Å². The van der Waals surface area contributed by atoms with Gasteiger partial charge in [-0.25, -0.2) is 0 Å². The second kappa shape index (κ2) is 4.30. The van der Waals surface area contributed by atoms with Gasteiger partial charge in [0.05, 0.1) is 6.54 Å². The van der Waals surface area contributed by atoms with E-state index < -0.39 is 0 Å². The molecule has 0 N–H and O–H groups in total. The van der Waals surface area contributed by atoms with E-state index in [4.69, 9.17) is 0 Å². The zero-order chi connectivity index (χ0) is 10.7. The molecular weight excluding hydrogens is 184 g/mol. The second-order valence-corrected chi connectivity index (χ2v) is 3.54. The molecule has 0 aliphatic heterocycles. The topological polar surface area (TPSA) is 8.81 Å². The van der Waals surface area contributed by atoms with Gasteiger partial charge in [0.2, 0.25) is 0 Å². The Hall–Kier alpha value is -1.57. The first-order valence-corrected chi connectivity index (χ1v) is 5.51. The van der Waals surface area contributed by atoms with Gasteiger partial charge in [-0.3, -0.25) is 0 Å². The summed E-state index contributed by atoms with van der Waals surface area (Å²) in [6.07, 6.45) is 2.14. The van der Waals surface area contributed by atoms with Crippen molar-refractivity contribution < 1.29 is 4.68 Å². The van der Waals surface area contributed by atoms with E-state index in [9.17, 15) is 0 Å². The standard InChI is InChI=1S/C13H17N2/c1-3-14-11-10-13(15(14)4-2)12-8-6-5-7-9-12/h5-11H,3-4H2,1-2H3/q+1. The fourth-order valence-corrected chi connectivity index (χ4v) is 1.94. The predicted molar refractivity (Wildman–Crippen MR) is 61.4 cm³/mol. The predicted octanol–water partition coefficient (Wildman–Crippen LogP) is 2.48. The largest absolute Gasteiger partial charge is 0.196 e. The average Bonchev–Trinajstić information content (AvgIpc) is 2.72. The number of hydrogen-bond donors (Lipinski definition) is 0. The Bertz CT molecular complexity index is 429. The molecule has 0 saturated carbocycles. The lowest BCUT2D eigenvalue weighted by atomic mass is 10.1. The van der Waals surface area contributed by atoms with Crippen molar-refractivity contribution in [1.82, 2.24) is 4.68 Å². The molecule has 0 atom stereocenters. The molecule has 0 unspecified atom stereocenters. The molecule has 1 heterocycles. The highest BCUT2D eigenvalue weighted by molar-refractivity contribution is 5.58. The van der Waals surface area contributed by atoms with Gasteiger partial charge >= 0.3 is 0 Å². The molecule has 0 amide bonds. The highest BCUT2D eigenvalue weighted by atomic mass is 15.4. The highest BCUT2D eigenvalue weighted by Gasteiger charge is 2.12. The average molecular weight is 201 g/mol. The van der Waals surface area contributed by atoms with Crippen LogP contribution in [-0.2, 0) is 13.1 Å². The van der Waals surface area contributed by atoms with Crippen molar-refractivity contribution in [1.29, 1.82) is 0 Å². The summed E-state index contributed by atoms with van der Waals surface area (Å²) >= 11 is 0. The quantitative estimate of drug-likeness (QED) is 0.675. The maximum absolute atomic E-state index is 2.30. The van der Waals surface area contributed by atoms with Crippen molar-refractivity contribution >= 4 is 0 Å². The van der Waals surface area contributed by atoms with Crippen molar-refractivity contribution in [3.8, 4) is 11.3 Å². The molecule has 0 fully saturated rings. The zero-order valence-corrected chi connectivity index (χ0v) is 9.35.